The molecule has 0 aliphatic heterocycles. The van der Waals surface area contributed by atoms with Crippen LogP contribution >= 0.6 is 46.6 Å². The molecule has 0 saturated carbocycles. The summed E-state index contributed by atoms with van der Waals surface area (Å²) in [4.78, 5) is 28.6. The molecule has 4 nitrogen and oxygen atoms in total. The fraction of sp³-hybridized carbons (Fsp3) is 0.286. The molecule has 0 aromatic heterocycles. The van der Waals surface area contributed by atoms with Gasteiger partial charge in [-0.3, -0.25) is 9.59 Å². The van der Waals surface area contributed by atoms with Crippen molar-refractivity contribution in [3.8, 4) is 0 Å². The largest absolute Gasteiger partial charge is 0.354 e. The standard InChI is InChI=1S/C28H29Cl3N2O2S/c1-2-15-32-28(35)26(16-20-9-4-3-5-10-20)33(17-22-24(30)13-8-14-25(22)31)27(34)19-36-18-21-11-6-7-12-23(21)29/h3-14,26H,2,15-19H2,1H3,(H,32,35)/t26-/m0/s1. The van der Waals surface area contributed by atoms with Crippen molar-refractivity contribution in [2.45, 2.75) is 38.1 Å². The highest BCUT2D eigenvalue weighted by Crippen LogP contribution is 2.28. The number of halogens is 3. The molecule has 3 rings (SSSR count). The Labute approximate surface area is 232 Å². The summed E-state index contributed by atoms with van der Waals surface area (Å²) in [6.07, 6.45) is 1.17. The van der Waals surface area contributed by atoms with E-state index in [0.717, 1.165) is 17.5 Å². The third-order valence-electron chi connectivity index (χ3n) is 5.65. The first-order valence-corrected chi connectivity index (χ1v) is 14.0. The summed E-state index contributed by atoms with van der Waals surface area (Å²) in [5.74, 6) is 0.390. The first kappa shape index (κ1) is 28.4. The number of nitrogens with one attached hydrogen (secondary N) is 1. The highest BCUT2D eigenvalue weighted by molar-refractivity contribution is 7.99. The molecule has 2 amide bonds. The normalized spacial score (nSPS) is 11.7. The molecule has 0 aliphatic rings. The molecule has 0 saturated heterocycles. The van der Waals surface area contributed by atoms with Crippen LogP contribution in [0.4, 0.5) is 0 Å². The zero-order valence-corrected chi connectivity index (χ0v) is 23.1. The van der Waals surface area contributed by atoms with Crippen molar-refractivity contribution in [1.29, 1.82) is 0 Å². The van der Waals surface area contributed by atoms with Gasteiger partial charge in [-0.25, -0.2) is 0 Å². The summed E-state index contributed by atoms with van der Waals surface area (Å²) >= 11 is 20.7. The summed E-state index contributed by atoms with van der Waals surface area (Å²) < 4.78 is 0. The van der Waals surface area contributed by atoms with Gasteiger partial charge in [0.15, 0.2) is 0 Å². The fourth-order valence-electron chi connectivity index (χ4n) is 3.72. The van der Waals surface area contributed by atoms with Crippen molar-refractivity contribution >= 4 is 58.4 Å². The minimum absolute atomic E-state index is 0.126. The van der Waals surface area contributed by atoms with Crippen molar-refractivity contribution < 1.29 is 9.59 Å². The van der Waals surface area contributed by atoms with Gasteiger partial charge in [0, 0.05) is 45.9 Å². The van der Waals surface area contributed by atoms with E-state index in [1.807, 2.05) is 61.5 Å². The molecule has 1 atom stereocenters. The number of thioether (sulfide) groups is 1. The average molecular weight is 564 g/mol. The summed E-state index contributed by atoms with van der Waals surface area (Å²) in [6.45, 7) is 2.64. The van der Waals surface area contributed by atoms with Gasteiger partial charge in [0.05, 0.1) is 5.75 Å². The van der Waals surface area contributed by atoms with Gasteiger partial charge in [0.2, 0.25) is 11.8 Å². The van der Waals surface area contributed by atoms with Gasteiger partial charge in [0.1, 0.15) is 6.04 Å². The van der Waals surface area contributed by atoms with Crippen molar-refractivity contribution in [2.24, 2.45) is 0 Å². The number of carbonyl (C=O) groups excluding carboxylic acids is 2. The van der Waals surface area contributed by atoms with E-state index in [1.54, 1.807) is 23.1 Å². The Hall–Kier alpha value is -2.18. The van der Waals surface area contributed by atoms with E-state index in [9.17, 15) is 9.59 Å². The van der Waals surface area contributed by atoms with E-state index in [2.05, 4.69) is 5.32 Å². The summed E-state index contributed by atoms with van der Waals surface area (Å²) in [6, 6.07) is 21.8. The summed E-state index contributed by atoms with van der Waals surface area (Å²) in [5.41, 5.74) is 2.53. The van der Waals surface area contributed by atoms with Crippen molar-refractivity contribution in [3.05, 3.63) is 105 Å². The maximum absolute atomic E-state index is 13.7. The van der Waals surface area contributed by atoms with Gasteiger partial charge in [-0.2, -0.15) is 0 Å². The molecule has 190 valence electrons. The van der Waals surface area contributed by atoms with Crippen LogP contribution in [0.1, 0.15) is 30.0 Å². The van der Waals surface area contributed by atoms with E-state index < -0.39 is 6.04 Å². The number of hydrogen-bond acceptors (Lipinski definition) is 3. The molecule has 0 aliphatic carbocycles. The van der Waals surface area contributed by atoms with E-state index in [1.165, 1.54) is 11.8 Å². The molecule has 0 fully saturated rings. The van der Waals surface area contributed by atoms with Crippen LogP contribution in [-0.2, 0) is 28.3 Å². The van der Waals surface area contributed by atoms with E-state index in [4.69, 9.17) is 34.8 Å². The Kier molecular flexibility index (Phi) is 11.5. The van der Waals surface area contributed by atoms with Crippen LogP contribution in [0.15, 0.2) is 72.8 Å². The third-order valence-corrected chi connectivity index (χ3v) is 7.69. The summed E-state index contributed by atoms with van der Waals surface area (Å²) in [5, 5.41) is 4.54. The van der Waals surface area contributed by atoms with E-state index >= 15 is 0 Å². The number of hydrogen-bond donors (Lipinski definition) is 1. The number of carbonyl (C=O) groups is 2. The van der Waals surface area contributed by atoms with Gasteiger partial charge in [-0.05, 0) is 35.7 Å². The molecular formula is C28H29Cl3N2O2S. The molecule has 0 unspecified atom stereocenters. The maximum atomic E-state index is 13.7. The minimum atomic E-state index is -0.722. The van der Waals surface area contributed by atoms with Gasteiger partial charge < -0.3 is 10.2 Å². The lowest BCUT2D eigenvalue weighted by Crippen LogP contribution is -2.51. The molecule has 0 spiro atoms. The zero-order valence-electron chi connectivity index (χ0n) is 20.1. The maximum Gasteiger partial charge on any atom is 0.243 e. The van der Waals surface area contributed by atoms with Crippen LogP contribution < -0.4 is 5.32 Å². The Morgan fingerprint density at radius 3 is 2.19 bits per heavy atom. The van der Waals surface area contributed by atoms with Gasteiger partial charge in [-0.15, -0.1) is 11.8 Å². The topological polar surface area (TPSA) is 49.4 Å². The van der Waals surface area contributed by atoms with Crippen molar-refractivity contribution in [2.75, 3.05) is 12.3 Å². The second-order valence-electron chi connectivity index (χ2n) is 8.30. The SMILES string of the molecule is CCCNC(=O)[C@H](Cc1ccccc1)N(Cc1c(Cl)cccc1Cl)C(=O)CSCc1ccccc1Cl. The monoisotopic (exact) mass is 562 g/mol. The highest BCUT2D eigenvalue weighted by Gasteiger charge is 2.31. The zero-order chi connectivity index (χ0) is 25.9. The number of rotatable bonds is 12. The van der Waals surface area contributed by atoms with E-state index in [-0.39, 0.29) is 24.1 Å². The van der Waals surface area contributed by atoms with Gasteiger partial charge >= 0.3 is 0 Å². The smallest absolute Gasteiger partial charge is 0.243 e. The highest BCUT2D eigenvalue weighted by atomic mass is 35.5. The number of benzene rings is 3. The molecule has 36 heavy (non-hydrogen) atoms. The third kappa shape index (κ3) is 8.17. The molecule has 3 aromatic carbocycles. The Balaban J connectivity index is 1.89. The van der Waals surface area contributed by atoms with Crippen molar-refractivity contribution in [3.63, 3.8) is 0 Å². The van der Waals surface area contributed by atoms with Crippen LogP contribution in [0, 0.1) is 0 Å². The predicted molar refractivity (Wildman–Crippen MR) is 152 cm³/mol. The molecule has 8 heteroatoms. The lowest BCUT2D eigenvalue weighted by Gasteiger charge is -2.32. The first-order chi connectivity index (χ1) is 17.4. The molecular weight excluding hydrogens is 535 g/mol. The lowest BCUT2D eigenvalue weighted by atomic mass is 10.0. The van der Waals surface area contributed by atoms with Crippen molar-refractivity contribution in [1.82, 2.24) is 10.2 Å². The predicted octanol–water partition coefficient (Wildman–Crippen LogP) is 7.05. The van der Waals surface area contributed by atoms with Crippen LogP contribution in [-0.4, -0.2) is 35.1 Å². The molecule has 0 bridgehead atoms. The van der Waals surface area contributed by atoms with Gasteiger partial charge in [0.25, 0.3) is 0 Å². The van der Waals surface area contributed by atoms with E-state index in [0.29, 0.717) is 39.3 Å². The molecule has 0 heterocycles. The quantitative estimate of drug-likeness (QED) is 0.257. The number of nitrogens with zero attached hydrogens (tertiary/aromatic N) is 1. The Morgan fingerprint density at radius 1 is 0.889 bits per heavy atom. The second kappa shape index (κ2) is 14.5. The van der Waals surface area contributed by atoms with Gasteiger partial charge in [-0.1, -0.05) is 96.3 Å². The molecule has 1 N–H and O–H groups in total. The van der Waals surface area contributed by atoms with Crippen LogP contribution in [0.3, 0.4) is 0 Å². The lowest BCUT2D eigenvalue weighted by molar-refractivity contribution is -0.139. The average Bonchev–Trinajstić information content (AvgIpc) is 2.88. The van der Waals surface area contributed by atoms with Crippen LogP contribution in [0.25, 0.3) is 0 Å². The minimum Gasteiger partial charge on any atom is -0.354 e. The first-order valence-electron chi connectivity index (χ1n) is 11.8. The summed E-state index contributed by atoms with van der Waals surface area (Å²) in [7, 11) is 0. The Bertz CT molecular complexity index is 1140. The number of amides is 2. The second-order valence-corrected chi connectivity index (χ2v) is 10.5. The fourth-order valence-corrected chi connectivity index (χ4v) is 5.43. The van der Waals surface area contributed by atoms with Crippen LogP contribution in [0.5, 0.6) is 0 Å². The molecule has 0 radical (unpaired) electrons. The van der Waals surface area contributed by atoms with Crippen LogP contribution in [0.2, 0.25) is 15.1 Å². The molecule has 3 aromatic rings. The Morgan fingerprint density at radius 2 is 1.53 bits per heavy atom.